The maximum atomic E-state index is 12.6. The smallest absolute Gasteiger partial charge is 0.296 e. The summed E-state index contributed by atoms with van der Waals surface area (Å²) in [6.45, 7) is 0. The molecular weight excluding hydrogens is 528 g/mol. The number of rotatable bonds is 4. The zero-order valence-electron chi connectivity index (χ0n) is 22.0. The number of aromatic nitrogens is 2. The van der Waals surface area contributed by atoms with E-state index >= 15 is 0 Å². The summed E-state index contributed by atoms with van der Waals surface area (Å²) in [5.41, 5.74) is 4.74. The number of fused-ring (bicyclic) bond motifs is 3. The zero-order valence-corrected chi connectivity index (χ0v) is 22.0. The van der Waals surface area contributed by atoms with Crippen molar-refractivity contribution in [2.24, 2.45) is 9.98 Å². The van der Waals surface area contributed by atoms with Crippen LogP contribution >= 0.6 is 0 Å². The van der Waals surface area contributed by atoms with E-state index < -0.39 is 11.8 Å². The van der Waals surface area contributed by atoms with E-state index in [1.54, 1.807) is 12.2 Å². The van der Waals surface area contributed by atoms with Gasteiger partial charge in [-0.25, -0.2) is 9.97 Å². The predicted molar refractivity (Wildman–Crippen MR) is 164 cm³/mol. The summed E-state index contributed by atoms with van der Waals surface area (Å²) in [5, 5.41) is 14.0. The lowest BCUT2D eigenvalue weighted by Crippen LogP contribution is -2.25. The second-order valence-electron chi connectivity index (χ2n) is 9.56. The second kappa shape index (κ2) is 10.4. The summed E-state index contributed by atoms with van der Waals surface area (Å²) in [6, 6.07) is 30.4. The lowest BCUT2D eigenvalue weighted by atomic mass is 10.1. The zero-order chi connectivity index (χ0) is 28.5. The Labute approximate surface area is 239 Å². The predicted octanol–water partition coefficient (Wildman–Crippen LogP) is 4.66. The lowest BCUT2D eigenvalue weighted by Gasteiger charge is -2.07. The van der Waals surface area contributed by atoms with Crippen LogP contribution in [0.5, 0.6) is 0 Å². The maximum absolute atomic E-state index is 12.6. The number of aliphatic imine (C=N–C) groups is 2. The molecule has 4 N–H and O–H groups in total. The average molecular weight is 551 g/mol. The topological polar surface area (TPSA) is 133 Å². The normalized spacial score (nSPS) is 16.5. The molecule has 0 aliphatic carbocycles. The van der Waals surface area contributed by atoms with Crippen molar-refractivity contribution in [1.82, 2.24) is 20.6 Å². The molecule has 202 valence electrons. The molecule has 0 spiro atoms. The standard InChI is InChI=1S/C32H22N8O2/c41-29-25(37-31(39-29)35-21-7-3-1-4-8-21)17-23-15-13-19-11-12-20-14-16-24(34-28(20)27(19)33-23)18-26-30(42)40-32(38-26)36-22-9-5-2-6-10-22/h1-18H,(H2,35,37,39,41)(H2,36,38,40,42)/b25-17-,26-18-. The molecule has 0 saturated carbocycles. The van der Waals surface area contributed by atoms with Gasteiger partial charge in [0.2, 0.25) is 11.9 Å². The minimum atomic E-state index is -0.391. The number of hydrogen-bond donors (Lipinski definition) is 4. The van der Waals surface area contributed by atoms with Crippen LogP contribution in [-0.2, 0) is 9.59 Å². The van der Waals surface area contributed by atoms with Gasteiger partial charge >= 0.3 is 0 Å². The maximum Gasteiger partial charge on any atom is 0.296 e. The van der Waals surface area contributed by atoms with E-state index in [0.29, 0.717) is 45.7 Å². The monoisotopic (exact) mass is 550 g/mol. The van der Waals surface area contributed by atoms with Crippen molar-refractivity contribution in [2.45, 2.75) is 0 Å². The molecule has 2 amide bonds. The summed E-state index contributed by atoms with van der Waals surface area (Å²) < 4.78 is 0. The van der Waals surface area contributed by atoms with E-state index in [1.807, 2.05) is 97.1 Å². The fraction of sp³-hybridized carbons (Fsp3) is 0. The molecule has 0 bridgehead atoms. The Kier molecular flexibility index (Phi) is 6.17. The number of pyridine rings is 2. The highest BCUT2D eigenvalue weighted by Gasteiger charge is 2.21. The Balaban J connectivity index is 1.15. The fourth-order valence-electron chi connectivity index (χ4n) is 4.63. The molecule has 42 heavy (non-hydrogen) atoms. The van der Waals surface area contributed by atoms with Crippen LogP contribution in [0.25, 0.3) is 34.0 Å². The molecule has 0 atom stereocenters. The van der Waals surface area contributed by atoms with Gasteiger partial charge in [0.05, 0.1) is 22.4 Å². The van der Waals surface area contributed by atoms with Gasteiger partial charge in [0, 0.05) is 22.1 Å². The van der Waals surface area contributed by atoms with Gasteiger partial charge in [0.1, 0.15) is 11.4 Å². The van der Waals surface area contributed by atoms with Crippen LogP contribution in [0.1, 0.15) is 11.4 Å². The van der Waals surface area contributed by atoms with Gasteiger partial charge in [-0.15, -0.1) is 0 Å². The van der Waals surface area contributed by atoms with Gasteiger partial charge in [0.25, 0.3) is 11.8 Å². The number of nitrogens with zero attached hydrogens (tertiary/aromatic N) is 4. The highest BCUT2D eigenvalue weighted by Crippen LogP contribution is 2.25. The molecule has 3 aromatic carbocycles. The lowest BCUT2D eigenvalue weighted by molar-refractivity contribution is -0.114. The van der Waals surface area contributed by atoms with E-state index in [-0.39, 0.29) is 0 Å². The number of benzene rings is 3. The summed E-state index contributed by atoms with van der Waals surface area (Å²) in [7, 11) is 0. The van der Waals surface area contributed by atoms with Crippen LogP contribution in [0.3, 0.4) is 0 Å². The number of carbonyl (C=O) groups is 2. The van der Waals surface area contributed by atoms with Crippen molar-refractivity contribution in [3.63, 3.8) is 0 Å². The molecule has 10 nitrogen and oxygen atoms in total. The van der Waals surface area contributed by atoms with Crippen molar-refractivity contribution in [2.75, 3.05) is 10.6 Å². The SMILES string of the molecule is O=C1N=C(Nc2ccccc2)N/C1=C\c1ccc2ccc3ccc(/C=C4\NC(Nc5ccccc5)=NC4=O)nc3c2n1. The number of carbonyl (C=O) groups excluding carboxylic acids is 2. The minimum absolute atomic E-state index is 0.310. The molecule has 2 aromatic heterocycles. The Bertz CT molecular complexity index is 1870. The Morgan fingerprint density at radius 1 is 0.524 bits per heavy atom. The molecule has 2 aliphatic rings. The van der Waals surface area contributed by atoms with Gasteiger partial charge < -0.3 is 21.3 Å². The Morgan fingerprint density at radius 3 is 1.36 bits per heavy atom. The van der Waals surface area contributed by atoms with E-state index in [1.165, 1.54) is 0 Å². The average Bonchev–Trinajstić information content (AvgIpc) is 3.53. The molecule has 0 unspecified atom stereocenters. The molecule has 5 aromatic rings. The Hall–Kier alpha value is -6.16. The third-order valence-corrected chi connectivity index (χ3v) is 6.61. The number of amides is 2. The van der Waals surface area contributed by atoms with Crippen LogP contribution in [0.2, 0.25) is 0 Å². The molecule has 0 radical (unpaired) electrons. The third kappa shape index (κ3) is 5.07. The van der Waals surface area contributed by atoms with E-state index in [2.05, 4.69) is 31.3 Å². The molecule has 2 aliphatic heterocycles. The molecular formula is C32H22N8O2. The number of anilines is 2. The minimum Gasteiger partial charge on any atom is -0.326 e. The first-order valence-electron chi connectivity index (χ1n) is 13.2. The van der Waals surface area contributed by atoms with Crippen molar-refractivity contribution in [3.8, 4) is 0 Å². The van der Waals surface area contributed by atoms with E-state index in [0.717, 1.165) is 22.1 Å². The second-order valence-corrected chi connectivity index (χ2v) is 9.56. The number of para-hydroxylation sites is 2. The van der Waals surface area contributed by atoms with Crippen molar-refractivity contribution >= 4 is 69.1 Å². The van der Waals surface area contributed by atoms with Crippen molar-refractivity contribution in [1.29, 1.82) is 0 Å². The molecule has 10 heteroatoms. The van der Waals surface area contributed by atoms with Crippen LogP contribution < -0.4 is 21.3 Å². The summed E-state index contributed by atoms with van der Waals surface area (Å²) in [5.74, 6) is -0.0804. The largest absolute Gasteiger partial charge is 0.326 e. The first-order chi connectivity index (χ1) is 20.6. The van der Waals surface area contributed by atoms with Gasteiger partial charge in [0.15, 0.2) is 0 Å². The van der Waals surface area contributed by atoms with Crippen LogP contribution in [-0.4, -0.2) is 33.7 Å². The highest BCUT2D eigenvalue weighted by atomic mass is 16.2. The first kappa shape index (κ1) is 24.9. The van der Waals surface area contributed by atoms with Crippen LogP contribution in [0.15, 0.2) is 118 Å². The summed E-state index contributed by atoms with van der Waals surface area (Å²) >= 11 is 0. The van der Waals surface area contributed by atoms with Gasteiger partial charge in [-0.3, -0.25) is 9.59 Å². The first-order valence-corrected chi connectivity index (χ1v) is 13.2. The van der Waals surface area contributed by atoms with Crippen molar-refractivity contribution in [3.05, 3.63) is 120 Å². The summed E-state index contributed by atoms with van der Waals surface area (Å²) in [6.07, 6.45) is 3.32. The molecule has 0 fully saturated rings. The van der Waals surface area contributed by atoms with E-state index in [4.69, 9.17) is 9.97 Å². The van der Waals surface area contributed by atoms with Gasteiger partial charge in [-0.05, 0) is 48.6 Å². The van der Waals surface area contributed by atoms with E-state index in [9.17, 15) is 9.59 Å². The number of guanidine groups is 2. The van der Waals surface area contributed by atoms with Gasteiger partial charge in [-0.1, -0.05) is 60.7 Å². The Morgan fingerprint density at radius 2 is 0.929 bits per heavy atom. The molecule has 0 saturated heterocycles. The number of nitrogens with one attached hydrogen (secondary N) is 4. The quantitative estimate of drug-likeness (QED) is 0.188. The summed E-state index contributed by atoms with van der Waals surface area (Å²) in [4.78, 5) is 42.9. The van der Waals surface area contributed by atoms with Crippen molar-refractivity contribution < 1.29 is 9.59 Å². The highest BCUT2D eigenvalue weighted by molar-refractivity contribution is 6.17. The van der Waals surface area contributed by atoms with Crippen LogP contribution in [0.4, 0.5) is 11.4 Å². The van der Waals surface area contributed by atoms with Crippen LogP contribution in [0, 0.1) is 0 Å². The third-order valence-electron chi connectivity index (χ3n) is 6.61. The molecule has 7 rings (SSSR count). The van der Waals surface area contributed by atoms with Gasteiger partial charge in [-0.2, -0.15) is 9.98 Å². The number of hydrogen-bond acceptors (Lipinski definition) is 8. The fourth-order valence-corrected chi connectivity index (χ4v) is 4.63. The molecule has 4 heterocycles.